The third-order valence-corrected chi connectivity index (χ3v) is 2.62. The maximum atomic E-state index is 11.6. The van der Waals surface area contributed by atoms with Crippen LogP contribution in [0.3, 0.4) is 0 Å². The van der Waals surface area contributed by atoms with Gasteiger partial charge in [-0.3, -0.25) is 9.59 Å². The highest BCUT2D eigenvalue weighted by Gasteiger charge is 2.34. The van der Waals surface area contributed by atoms with Gasteiger partial charge in [-0.1, -0.05) is 15.9 Å². The Morgan fingerprint density at radius 1 is 1.38 bits per heavy atom. The lowest BCUT2D eigenvalue weighted by molar-refractivity contribution is -0.158. The first kappa shape index (κ1) is 13.5. The van der Waals surface area contributed by atoms with Gasteiger partial charge in [0.25, 0.3) is 0 Å². The molecule has 92 valence electrons. The first-order valence-electron chi connectivity index (χ1n) is 5.41. The number of nitrogens with zero attached hydrogens (tertiary/aromatic N) is 1. The van der Waals surface area contributed by atoms with E-state index in [1.165, 1.54) is 0 Å². The zero-order valence-electron chi connectivity index (χ0n) is 9.96. The van der Waals surface area contributed by atoms with Crippen molar-refractivity contribution >= 4 is 27.8 Å². The van der Waals surface area contributed by atoms with Gasteiger partial charge in [-0.15, -0.1) is 0 Å². The Kier molecular flexibility index (Phi) is 4.35. The number of carbonyl (C=O) groups excluding carboxylic acids is 2. The minimum Gasteiger partial charge on any atom is -0.459 e. The Morgan fingerprint density at radius 2 is 1.94 bits per heavy atom. The molecule has 0 heterocycles. The van der Waals surface area contributed by atoms with Crippen LogP contribution in [0.25, 0.3) is 0 Å². The van der Waals surface area contributed by atoms with Crippen LogP contribution in [0, 0.1) is 0 Å². The number of rotatable bonds is 4. The number of halogens is 1. The lowest BCUT2D eigenvalue weighted by Crippen LogP contribution is -2.40. The normalized spacial score (nSPS) is 15.8. The molecule has 1 aliphatic carbocycles. The van der Waals surface area contributed by atoms with Gasteiger partial charge in [0.2, 0.25) is 5.91 Å². The van der Waals surface area contributed by atoms with Crippen LogP contribution < -0.4 is 0 Å². The second kappa shape index (κ2) is 5.17. The van der Waals surface area contributed by atoms with Crippen molar-refractivity contribution in [1.82, 2.24) is 4.90 Å². The monoisotopic (exact) mass is 291 g/mol. The largest absolute Gasteiger partial charge is 0.459 e. The van der Waals surface area contributed by atoms with Crippen molar-refractivity contribution in [3.63, 3.8) is 0 Å². The van der Waals surface area contributed by atoms with Crippen molar-refractivity contribution in [2.75, 3.05) is 11.9 Å². The van der Waals surface area contributed by atoms with Crippen LogP contribution in [-0.2, 0) is 14.3 Å². The molecular weight excluding hydrogens is 274 g/mol. The zero-order valence-corrected chi connectivity index (χ0v) is 11.5. The molecule has 5 heteroatoms. The van der Waals surface area contributed by atoms with Crippen molar-refractivity contribution in [3.05, 3.63) is 0 Å². The van der Waals surface area contributed by atoms with Gasteiger partial charge >= 0.3 is 5.97 Å². The van der Waals surface area contributed by atoms with E-state index < -0.39 is 5.60 Å². The molecule has 0 N–H and O–H groups in total. The number of alkyl halides is 1. The molecule has 0 atom stereocenters. The maximum Gasteiger partial charge on any atom is 0.326 e. The Hall–Kier alpha value is -0.580. The molecule has 0 bridgehead atoms. The standard InChI is InChI=1S/C11H18BrNO3/c1-11(2,3)16-10(15)7-13(8-4-5-8)9(14)6-12/h8H,4-7H2,1-3H3. The molecule has 16 heavy (non-hydrogen) atoms. The predicted molar refractivity (Wildman–Crippen MR) is 64.4 cm³/mol. The number of amides is 1. The molecule has 1 amide bonds. The summed E-state index contributed by atoms with van der Waals surface area (Å²) < 4.78 is 5.19. The fraction of sp³-hybridized carbons (Fsp3) is 0.818. The van der Waals surface area contributed by atoms with Crippen LogP contribution >= 0.6 is 15.9 Å². The molecule has 0 saturated heterocycles. The molecule has 0 unspecified atom stereocenters. The number of hydrogen-bond acceptors (Lipinski definition) is 3. The SMILES string of the molecule is CC(C)(C)OC(=O)CN(C(=O)CBr)C1CC1. The summed E-state index contributed by atoms with van der Waals surface area (Å²) in [5, 5.41) is 0.256. The molecule has 1 rings (SSSR count). The van der Waals surface area contributed by atoms with Crippen molar-refractivity contribution in [1.29, 1.82) is 0 Å². The highest BCUT2D eigenvalue weighted by atomic mass is 79.9. The summed E-state index contributed by atoms with van der Waals surface area (Å²) >= 11 is 3.12. The number of esters is 1. The van der Waals surface area contributed by atoms with Gasteiger partial charge in [0.1, 0.15) is 12.1 Å². The first-order chi connectivity index (χ1) is 7.33. The molecule has 4 nitrogen and oxygen atoms in total. The third kappa shape index (κ3) is 4.51. The summed E-state index contributed by atoms with van der Waals surface area (Å²) in [5.41, 5.74) is -0.496. The highest BCUT2D eigenvalue weighted by molar-refractivity contribution is 9.09. The highest BCUT2D eigenvalue weighted by Crippen LogP contribution is 2.27. The molecular formula is C11H18BrNO3. The average molecular weight is 292 g/mol. The second-order valence-electron chi connectivity index (χ2n) is 4.97. The minimum absolute atomic E-state index is 0.0478. The lowest BCUT2D eigenvalue weighted by atomic mass is 10.2. The van der Waals surface area contributed by atoms with E-state index in [-0.39, 0.29) is 29.8 Å². The number of hydrogen-bond donors (Lipinski definition) is 0. The van der Waals surface area contributed by atoms with Gasteiger partial charge in [0, 0.05) is 6.04 Å². The summed E-state index contributed by atoms with van der Waals surface area (Å²) in [7, 11) is 0. The smallest absolute Gasteiger partial charge is 0.326 e. The van der Waals surface area contributed by atoms with Crippen LogP contribution in [0.1, 0.15) is 33.6 Å². The quantitative estimate of drug-likeness (QED) is 0.585. The minimum atomic E-state index is -0.496. The van der Waals surface area contributed by atoms with Gasteiger partial charge in [-0.25, -0.2) is 0 Å². The molecule has 0 aliphatic heterocycles. The molecule has 1 aliphatic rings. The van der Waals surface area contributed by atoms with Gasteiger partial charge in [0.05, 0.1) is 5.33 Å². The Labute approximate surface area is 104 Å². The van der Waals surface area contributed by atoms with Crippen LogP contribution in [0.4, 0.5) is 0 Å². The Morgan fingerprint density at radius 3 is 2.31 bits per heavy atom. The van der Waals surface area contributed by atoms with Gasteiger partial charge < -0.3 is 9.64 Å². The van der Waals surface area contributed by atoms with E-state index in [0.29, 0.717) is 0 Å². The maximum absolute atomic E-state index is 11.6. The van der Waals surface area contributed by atoms with Crippen LogP contribution in [0.5, 0.6) is 0 Å². The zero-order chi connectivity index (χ0) is 12.3. The van der Waals surface area contributed by atoms with E-state index in [9.17, 15) is 9.59 Å². The summed E-state index contributed by atoms with van der Waals surface area (Å²) in [6.07, 6.45) is 1.98. The summed E-state index contributed by atoms with van der Waals surface area (Å²) in [6.45, 7) is 5.52. The Bertz CT molecular complexity index is 281. The molecule has 0 radical (unpaired) electrons. The third-order valence-electron chi connectivity index (χ3n) is 2.14. The predicted octanol–water partition coefficient (Wildman–Crippen LogP) is 1.71. The average Bonchev–Trinajstić information content (AvgIpc) is 2.93. The fourth-order valence-electron chi connectivity index (χ4n) is 1.40. The van der Waals surface area contributed by atoms with E-state index in [0.717, 1.165) is 12.8 Å². The van der Waals surface area contributed by atoms with Gasteiger partial charge in [0.15, 0.2) is 0 Å². The van der Waals surface area contributed by atoms with Crippen LogP contribution in [0.2, 0.25) is 0 Å². The molecule has 0 aromatic rings. The topological polar surface area (TPSA) is 46.6 Å². The molecule has 1 saturated carbocycles. The van der Waals surface area contributed by atoms with Crippen LogP contribution in [-0.4, -0.2) is 40.3 Å². The molecule has 1 fully saturated rings. The van der Waals surface area contributed by atoms with E-state index >= 15 is 0 Å². The van der Waals surface area contributed by atoms with Crippen LogP contribution in [0.15, 0.2) is 0 Å². The van der Waals surface area contributed by atoms with E-state index in [2.05, 4.69) is 15.9 Å². The number of carbonyl (C=O) groups is 2. The lowest BCUT2D eigenvalue weighted by Gasteiger charge is -2.24. The molecule has 0 aromatic carbocycles. The molecule has 0 aromatic heterocycles. The summed E-state index contributed by atoms with van der Waals surface area (Å²) in [6, 6.07) is 0.234. The first-order valence-corrected chi connectivity index (χ1v) is 6.53. The summed E-state index contributed by atoms with van der Waals surface area (Å²) in [5.74, 6) is -0.387. The van der Waals surface area contributed by atoms with E-state index in [1.54, 1.807) is 4.90 Å². The Balaban J connectivity index is 2.49. The number of ether oxygens (including phenoxy) is 1. The molecule has 0 spiro atoms. The summed E-state index contributed by atoms with van der Waals surface area (Å²) in [4.78, 5) is 24.8. The van der Waals surface area contributed by atoms with E-state index in [4.69, 9.17) is 4.74 Å². The second-order valence-corrected chi connectivity index (χ2v) is 5.53. The van der Waals surface area contributed by atoms with Crippen molar-refractivity contribution in [3.8, 4) is 0 Å². The van der Waals surface area contributed by atoms with E-state index in [1.807, 2.05) is 20.8 Å². The van der Waals surface area contributed by atoms with Gasteiger partial charge in [-0.2, -0.15) is 0 Å². The van der Waals surface area contributed by atoms with Crippen molar-refractivity contribution in [2.24, 2.45) is 0 Å². The van der Waals surface area contributed by atoms with Crippen molar-refractivity contribution in [2.45, 2.75) is 45.3 Å². The fourth-order valence-corrected chi connectivity index (χ4v) is 1.72. The van der Waals surface area contributed by atoms with Crippen molar-refractivity contribution < 1.29 is 14.3 Å². The van der Waals surface area contributed by atoms with Gasteiger partial charge in [-0.05, 0) is 33.6 Å².